The molecule has 0 rings (SSSR count). The van der Waals surface area contributed by atoms with E-state index < -0.39 is 0 Å². The van der Waals surface area contributed by atoms with Crippen LogP contribution >= 0.6 is 0 Å². The molecule has 0 bridgehead atoms. The minimum Gasteiger partial charge on any atom is -0.442 e. The van der Waals surface area contributed by atoms with Gasteiger partial charge in [0.25, 0.3) is 8.05 Å². The normalized spacial score (nSPS) is 11.9. The molecule has 0 aliphatic rings. The highest BCUT2D eigenvalue weighted by Gasteiger charge is 2.07. The van der Waals surface area contributed by atoms with E-state index in [1.165, 1.54) is 0 Å². The Hall–Kier alpha value is -0.0151. The highest BCUT2D eigenvalue weighted by molar-refractivity contribution is 5.97. The molecule has 0 radical (unpaired) electrons. The van der Waals surface area contributed by atoms with E-state index in [1.54, 1.807) is 8.05 Å². The van der Waals surface area contributed by atoms with Crippen LogP contribution in [0.1, 0.15) is 13.8 Å². The van der Waals surface area contributed by atoms with Crippen LogP contribution in [0.4, 0.5) is 0 Å². The van der Waals surface area contributed by atoms with E-state index in [2.05, 4.69) is 0 Å². The first kappa shape index (κ1) is 6.98. The zero-order valence-electron chi connectivity index (χ0n) is 5.19. The Morgan fingerprint density at radius 3 is 2.14 bits per heavy atom. The summed E-state index contributed by atoms with van der Waals surface area (Å²) in [5.74, 6) is 0. The first-order valence-corrected chi connectivity index (χ1v) is 2.34. The van der Waals surface area contributed by atoms with E-state index in [0.717, 1.165) is 0 Å². The summed E-state index contributed by atoms with van der Waals surface area (Å²) in [4.78, 5) is 0. The molecule has 0 unspecified atom stereocenters. The Balaban J connectivity index is 3.15. The predicted molar refractivity (Wildman–Crippen MR) is 32.8 cm³/mol. The van der Waals surface area contributed by atoms with Crippen LogP contribution in [0, 0.1) is 0 Å². The molecule has 7 heavy (non-hydrogen) atoms. The van der Waals surface area contributed by atoms with Gasteiger partial charge in [0.1, 0.15) is 0 Å². The fourth-order valence-corrected chi connectivity index (χ4v) is 0.372. The molecule has 0 spiro atoms. The van der Waals surface area contributed by atoms with Crippen molar-refractivity contribution in [3.63, 3.8) is 0 Å². The topological polar surface area (TPSA) is 35.2 Å². The second-order valence-corrected chi connectivity index (χ2v) is 2.42. The number of hydrogen-bond donors (Lipinski definition) is 1. The summed E-state index contributed by atoms with van der Waals surface area (Å²) >= 11 is 0. The molecule has 0 atom stereocenters. The fraction of sp³-hybridized carbons (Fsp3) is 1.00. The molecule has 0 amide bonds. The summed E-state index contributed by atoms with van der Waals surface area (Å²) in [5.41, 5.74) is 5.35. The zero-order valence-corrected chi connectivity index (χ0v) is 5.19. The van der Waals surface area contributed by atoms with Gasteiger partial charge in [-0.1, -0.05) is 0 Å². The maximum absolute atomic E-state index is 5.52. The van der Waals surface area contributed by atoms with Gasteiger partial charge in [-0.05, 0) is 13.8 Å². The maximum atomic E-state index is 5.52. The predicted octanol–water partition coefficient (Wildman–Crippen LogP) is -0.712. The number of rotatable bonds is 2. The largest absolute Gasteiger partial charge is 0.442 e. The molecule has 0 saturated heterocycles. The van der Waals surface area contributed by atoms with Crippen LogP contribution in [0.3, 0.4) is 0 Å². The average Bonchev–Trinajstić information content (AvgIpc) is 1.30. The summed E-state index contributed by atoms with van der Waals surface area (Å²) in [6.07, 6.45) is 0. The Kier molecular flexibility index (Phi) is 2.33. The van der Waals surface area contributed by atoms with Gasteiger partial charge in [-0.2, -0.15) is 0 Å². The van der Waals surface area contributed by atoms with Gasteiger partial charge in [0.15, 0.2) is 0 Å². The van der Waals surface area contributed by atoms with Gasteiger partial charge in [-0.3, -0.25) is 0 Å². The molecule has 3 heteroatoms. The molecule has 0 heterocycles. The van der Waals surface area contributed by atoms with Gasteiger partial charge in [0, 0.05) is 12.1 Å². The van der Waals surface area contributed by atoms with E-state index in [9.17, 15) is 0 Å². The van der Waals surface area contributed by atoms with Crippen LogP contribution in [0.2, 0.25) is 0 Å². The quantitative estimate of drug-likeness (QED) is 0.466. The van der Waals surface area contributed by atoms with Crippen LogP contribution in [-0.2, 0) is 4.65 Å². The van der Waals surface area contributed by atoms with Crippen molar-refractivity contribution in [2.75, 3.05) is 6.61 Å². The lowest BCUT2D eigenvalue weighted by Gasteiger charge is -2.16. The third-order valence-corrected chi connectivity index (χ3v) is 0.516. The van der Waals surface area contributed by atoms with Crippen molar-refractivity contribution in [1.29, 1.82) is 0 Å². The second-order valence-electron chi connectivity index (χ2n) is 2.42. The van der Waals surface area contributed by atoms with Crippen molar-refractivity contribution in [1.82, 2.24) is 0 Å². The minimum absolute atomic E-state index is 0.172. The van der Waals surface area contributed by atoms with Crippen molar-refractivity contribution in [3.8, 4) is 0 Å². The third-order valence-electron chi connectivity index (χ3n) is 0.516. The van der Waals surface area contributed by atoms with Crippen molar-refractivity contribution >= 4 is 8.05 Å². The van der Waals surface area contributed by atoms with Gasteiger partial charge in [-0.15, -0.1) is 0 Å². The van der Waals surface area contributed by atoms with E-state index in [1.807, 2.05) is 13.8 Å². The Morgan fingerprint density at radius 1 is 1.71 bits per heavy atom. The minimum atomic E-state index is -0.172. The Bertz CT molecular complexity index is 50.1. The van der Waals surface area contributed by atoms with Gasteiger partial charge in [0.05, 0.1) is 0 Å². The van der Waals surface area contributed by atoms with Crippen LogP contribution in [-0.4, -0.2) is 20.2 Å². The molecule has 2 nitrogen and oxygen atoms in total. The molecule has 0 aromatic rings. The molecule has 0 aliphatic heterocycles. The Labute approximate surface area is 45.5 Å². The molecule has 42 valence electrons. The summed E-state index contributed by atoms with van der Waals surface area (Å²) in [6, 6.07) is 0. The summed E-state index contributed by atoms with van der Waals surface area (Å²) in [6.45, 7) is 4.47. The molecule has 0 saturated carbocycles. The number of hydrogen-bond acceptors (Lipinski definition) is 2. The molecule has 0 fully saturated rings. The van der Waals surface area contributed by atoms with Gasteiger partial charge in [-0.25, -0.2) is 0 Å². The van der Waals surface area contributed by atoms with Gasteiger partial charge < -0.3 is 10.4 Å². The van der Waals surface area contributed by atoms with Gasteiger partial charge >= 0.3 is 0 Å². The SMILES string of the molecule is BOCC(C)(C)N. The van der Waals surface area contributed by atoms with Crippen LogP contribution in [0.5, 0.6) is 0 Å². The molecule has 0 aromatic carbocycles. The first-order chi connectivity index (χ1) is 3.06. The average molecular weight is 101 g/mol. The van der Waals surface area contributed by atoms with Crippen LogP contribution in [0.25, 0.3) is 0 Å². The highest BCUT2D eigenvalue weighted by Crippen LogP contribution is 1.93. The second kappa shape index (κ2) is 2.33. The summed E-state index contributed by atoms with van der Waals surface area (Å²) in [5, 5.41) is 0. The molecular formula is C4H12BNO. The standard InChI is InChI=1S/C4H12BNO/c1-4(2,6)3-7-5/h3,5-6H2,1-2H3. The van der Waals surface area contributed by atoms with Crippen molar-refractivity contribution in [2.24, 2.45) is 5.73 Å². The van der Waals surface area contributed by atoms with Crippen molar-refractivity contribution in [2.45, 2.75) is 19.4 Å². The fourth-order valence-electron chi connectivity index (χ4n) is 0.372. The van der Waals surface area contributed by atoms with E-state index in [4.69, 9.17) is 10.4 Å². The molecule has 0 aromatic heterocycles. The highest BCUT2D eigenvalue weighted by atomic mass is 16.4. The third kappa shape index (κ3) is 5.98. The molecule has 0 aliphatic carbocycles. The summed E-state index contributed by atoms with van der Waals surface area (Å²) in [7, 11) is 1.65. The van der Waals surface area contributed by atoms with E-state index in [-0.39, 0.29) is 5.54 Å². The van der Waals surface area contributed by atoms with Crippen LogP contribution in [0.15, 0.2) is 0 Å². The van der Waals surface area contributed by atoms with Gasteiger partial charge in [0.2, 0.25) is 0 Å². The lowest BCUT2D eigenvalue weighted by Crippen LogP contribution is -2.37. The van der Waals surface area contributed by atoms with E-state index >= 15 is 0 Å². The lowest BCUT2D eigenvalue weighted by molar-refractivity contribution is 0.263. The lowest BCUT2D eigenvalue weighted by atomic mass is 10.1. The molecule has 2 N–H and O–H groups in total. The van der Waals surface area contributed by atoms with Crippen molar-refractivity contribution in [3.05, 3.63) is 0 Å². The molecular weight excluding hydrogens is 88.9 g/mol. The van der Waals surface area contributed by atoms with Crippen molar-refractivity contribution < 1.29 is 4.65 Å². The first-order valence-electron chi connectivity index (χ1n) is 2.34. The smallest absolute Gasteiger partial charge is 0.257 e. The van der Waals surface area contributed by atoms with Crippen LogP contribution < -0.4 is 5.73 Å². The zero-order chi connectivity index (χ0) is 5.91. The monoisotopic (exact) mass is 101 g/mol. The maximum Gasteiger partial charge on any atom is 0.257 e. The van der Waals surface area contributed by atoms with E-state index in [0.29, 0.717) is 6.61 Å². The number of nitrogens with two attached hydrogens (primary N) is 1. The summed E-state index contributed by atoms with van der Waals surface area (Å²) < 4.78 is 4.78. The Morgan fingerprint density at radius 2 is 2.14 bits per heavy atom.